The van der Waals surface area contributed by atoms with Gasteiger partial charge in [0.1, 0.15) is 5.01 Å². The number of nitrogens with one attached hydrogen (secondary N) is 1. The van der Waals surface area contributed by atoms with Gasteiger partial charge in [0.05, 0.1) is 13.0 Å². The fourth-order valence-electron chi connectivity index (χ4n) is 2.37. The highest BCUT2D eigenvalue weighted by atomic mass is 32.1. The molecule has 0 bridgehead atoms. The van der Waals surface area contributed by atoms with Gasteiger partial charge in [-0.2, -0.15) is 13.2 Å². The zero-order valence-corrected chi connectivity index (χ0v) is 16.7. The average Bonchev–Trinajstić information content (AvgIpc) is 3.07. The number of alkyl halides is 3. The number of rotatable bonds is 6. The average molecular weight is 431 g/mol. The number of aliphatic hydroxyl groups is 1. The van der Waals surface area contributed by atoms with Gasteiger partial charge in [-0.25, -0.2) is 9.78 Å². The van der Waals surface area contributed by atoms with Crippen LogP contribution in [0.25, 0.3) is 0 Å². The second kappa shape index (κ2) is 8.78. The van der Waals surface area contributed by atoms with Crippen molar-refractivity contribution in [3.63, 3.8) is 0 Å². The molecular weight excluding hydrogens is 411 g/mol. The van der Waals surface area contributed by atoms with E-state index in [2.05, 4.69) is 10.3 Å². The summed E-state index contributed by atoms with van der Waals surface area (Å²) in [7, 11) is 1.49. The molecule has 0 saturated heterocycles. The molecule has 2 aromatic rings. The molecule has 2 amide bonds. The van der Waals surface area contributed by atoms with Gasteiger partial charge in [0.15, 0.2) is 0 Å². The van der Waals surface area contributed by atoms with Gasteiger partial charge in [-0.1, -0.05) is 0 Å². The summed E-state index contributed by atoms with van der Waals surface area (Å²) in [6.45, 7) is 3.36. The Morgan fingerprint density at radius 2 is 1.90 bits per heavy atom. The maximum Gasteiger partial charge on any atom is 0.424 e. The topological polar surface area (TPSA) is 91.8 Å². The first-order valence-corrected chi connectivity index (χ1v) is 9.38. The van der Waals surface area contributed by atoms with Crippen molar-refractivity contribution in [2.75, 3.05) is 23.9 Å². The van der Waals surface area contributed by atoms with Gasteiger partial charge in [0, 0.05) is 29.5 Å². The summed E-state index contributed by atoms with van der Waals surface area (Å²) in [4.78, 5) is 28.8. The maximum absolute atomic E-state index is 13.5. The number of thiazole rings is 1. The number of hydrogen-bond donors (Lipinski definition) is 2. The molecule has 1 unspecified atom stereocenters. The van der Waals surface area contributed by atoms with Crippen LogP contribution in [0.2, 0.25) is 0 Å². The van der Waals surface area contributed by atoms with Crippen LogP contribution in [0.3, 0.4) is 0 Å². The van der Waals surface area contributed by atoms with Gasteiger partial charge < -0.3 is 15.2 Å². The monoisotopic (exact) mass is 431 g/mol. The number of aromatic nitrogens is 1. The lowest BCUT2D eigenvalue weighted by Gasteiger charge is -2.27. The SMILES string of the molecule is CCOC(=O)N(C)c1ccc(NC(=O)CC(O)(c2nc(C)cs2)C(F)(F)F)cc1. The number of nitrogens with zero attached hydrogens (tertiary/aromatic N) is 2. The third-order valence-electron chi connectivity index (χ3n) is 3.94. The van der Waals surface area contributed by atoms with E-state index in [-0.39, 0.29) is 12.3 Å². The summed E-state index contributed by atoms with van der Waals surface area (Å²) in [5.74, 6) is -1.04. The van der Waals surface area contributed by atoms with Gasteiger partial charge in [-0.3, -0.25) is 9.69 Å². The van der Waals surface area contributed by atoms with Crippen molar-refractivity contribution in [1.82, 2.24) is 4.98 Å². The molecule has 1 aromatic carbocycles. The minimum absolute atomic E-state index is 0.204. The highest BCUT2D eigenvalue weighted by Crippen LogP contribution is 2.43. The molecule has 1 heterocycles. The molecule has 0 aliphatic carbocycles. The van der Waals surface area contributed by atoms with Crippen molar-refractivity contribution in [2.45, 2.75) is 32.0 Å². The number of anilines is 2. The van der Waals surface area contributed by atoms with E-state index in [9.17, 15) is 27.9 Å². The Balaban J connectivity index is 2.12. The van der Waals surface area contributed by atoms with Gasteiger partial charge in [-0.15, -0.1) is 11.3 Å². The smallest absolute Gasteiger partial charge is 0.424 e. The first kappa shape index (κ1) is 22.6. The number of amides is 2. The Morgan fingerprint density at radius 3 is 2.38 bits per heavy atom. The zero-order valence-electron chi connectivity index (χ0n) is 15.9. The third-order valence-corrected chi connectivity index (χ3v) is 5.05. The molecule has 2 N–H and O–H groups in total. The van der Waals surface area contributed by atoms with Crippen LogP contribution in [0.5, 0.6) is 0 Å². The molecule has 0 radical (unpaired) electrons. The number of aryl methyl sites for hydroxylation is 1. The third kappa shape index (κ3) is 5.24. The lowest BCUT2D eigenvalue weighted by Crippen LogP contribution is -2.45. The van der Waals surface area contributed by atoms with Crippen molar-refractivity contribution in [3.8, 4) is 0 Å². The molecule has 0 fully saturated rings. The predicted octanol–water partition coefficient (Wildman–Crippen LogP) is 3.82. The molecule has 29 heavy (non-hydrogen) atoms. The Morgan fingerprint density at radius 1 is 1.28 bits per heavy atom. The van der Waals surface area contributed by atoms with Crippen LogP contribution in [-0.4, -0.2) is 41.9 Å². The van der Waals surface area contributed by atoms with Crippen LogP contribution in [0.4, 0.5) is 29.3 Å². The molecule has 11 heteroatoms. The molecule has 7 nitrogen and oxygen atoms in total. The van der Waals surface area contributed by atoms with Crippen LogP contribution in [0.15, 0.2) is 29.6 Å². The quantitative estimate of drug-likeness (QED) is 0.726. The molecule has 158 valence electrons. The number of benzene rings is 1. The Bertz CT molecular complexity index is 870. The van der Waals surface area contributed by atoms with Crippen LogP contribution in [0.1, 0.15) is 24.0 Å². The van der Waals surface area contributed by atoms with E-state index in [1.54, 1.807) is 6.92 Å². The summed E-state index contributed by atoms with van der Waals surface area (Å²) >= 11 is 0.633. The van der Waals surface area contributed by atoms with Crippen LogP contribution in [0, 0.1) is 6.92 Å². The van der Waals surface area contributed by atoms with Crippen LogP contribution < -0.4 is 10.2 Å². The molecule has 1 atom stereocenters. The Kier molecular flexibility index (Phi) is 6.85. The first-order valence-electron chi connectivity index (χ1n) is 8.50. The van der Waals surface area contributed by atoms with E-state index >= 15 is 0 Å². The first-order chi connectivity index (χ1) is 13.5. The highest BCUT2D eigenvalue weighted by molar-refractivity contribution is 7.09. The van der Waals surface area contributed by atoms with Crippen molar-refractivity contribution < 1.29 is 32.6 Å². The van der Waals surface area contributed by atoms with Crippen molar-refractivity contribution in [2.24, 2.45) is 0 Å². The normalized spacial score (nSPS) is 13.5. The van der Waals surface area contributed by atoms with Crippen LogP contribution in [-0.2, 0) is 15.1 Å². The van der Waals surface area contributed by atoms with Gasteiger partial charge >= 0.3 is 12.3 Å². The second-order valence-corrected chi connectivity index (χ2v) is 7.04. The predicted molar refractivity (Wildman–Crippen MR) is 102 cm³/mol. The van der Waals surface area contributed by atoms with E-state index in [4.69, 9.17) is 4.74 Å². The second-order valence-electron chi connectivity index (χ2n) is 6.18. The largest absolute Gasteiger partial charge is 0.449 e. The summed E-state index contributed by atoms with van der Waals surface area (Å²) in [5, 5.41) is 13.3. The number of halogens is 3. The summed E-state index contributed by atoms with van der Waals surface area (Å²) < 4.78 is 45.3. The number of hydrogen-bond acceptors (Lipinski definition) is 6. The number of carbonyl (C=O) groups is 2. The van der Waals surface area contributed by atoms with E-state index in [1.165, 1.54) is 48.5 Å². The molecule has 0 spiro atoms. The summed E-state index contributed by atoms with van der Waals surface area (Å²) in [6.07, 6.45) is -6.90. The summed E-state index contributed by atoms with van der Waals surface area (Å²) in [5.41, 5.74) is -2.41. The number of carbonyl (C=O) groups excluding carboxylic acids is 2. The van der Waals surface area contributed by atoms with Crippen LogP contribution >= 0.6 is 11.3 Å². The van der Waals surface area contributed by atoms with E-state index in [1.807, 2.05) is 0 Å². The van der Waals surface area contributed by atoms with Gasteiger partial charge in [0.25, 0.3) is 0 Å². The lowest BCUT2D eigenvalue weighted by atomic mass is 9.99. The van der Waals surface area contributed by atoms with Crippen molar-refractivity contribution in [1.29, 1.82) is 0 Å². The number of ether oxygens (including phenoxy) is 1. The molecule has 2 rings (SSSR count). The molecule has 1 aromatic heterocycles. The molecule has 0 aliphatic rings. The van der Waals surface area contributed by atoms with E-state index in [0.717, 1.165) is 0 Å². The summed E-state index contributed by atoms with van der Waals surface area (Å²) in [6, 6.07) is 5.83. The lowest BCUT2D eigenvalue weighted by molar-refractivity contribution is -0.266. The minimum atomic E-state index is -5.08. The van der Waals surface area contributed by atoms with E-state index in [0.29, 0.717) is 22.7 Å². The van der Waals surface area contributed by atoms with Crippen molar-refractivity contribution >= 4 is 34.7 Å². The fourth-order valence-corrected chi connectivity index (χ4v) is 3.29. The van der Waals surface area contributed by atoms with Gasteiger partial charge in [-0.05, 0) is 38.1 Å². The minimum Gasteiger partial charge on any atom is -0.449 e. The molecular formula is C18H20F3N3O4S. The molecule has 0 aliphatic heterocycles. The fraction of sp³-hybridized carbons (Fsp3) is 0.389. The Labute approximate surface area is 169 Å². The standard InChI is InChI=1S/C18H20F3N3O4S/c1-4-28-16(26)24(3)13-7-5-12(6-8-13)23-14(25)9-17(27,18(19,20)21)15-22-11(2)10-29-15/h5-8,10,27H,4,9H2,1-3H3,(H,23,25). The van der Waals surface area contributed by atoms with Crippen molar-refractivity contribution in [3.05, 3.63) is 40.3 Å². The molecule has 0 saturated carbocycles. The van der Waals surface area contributed by atoms with Gasteiger partial charge in [0.2, 0.25) is 11.5 Å². The maximum atomic E-state index is 13.5. The highest BCUT2D eigenvalue weighted by Gasteiger charge is 2.58. The Hall–Kier alpha value is -2.66. The van der Waals surface area contributed by atoms with E-state index < -0.39 is 35.2 Å². The zero-order chi connectivity index (χ0) is 21.8.